The van der Waals surface area contributed by atoms with E-state index in [2.05, 4.69) is 9.98 Å². The van der Waals surface area contributed by atoms with E-state index in [0.29, 0.717) is 13.1 Å². The predicted molar refractivity (Wildman–Crippen MR) is 77.7 cm³/mol. The van der Waals surface area contributed by atoms with Crippen LogP contribution in [0.1, 0.15) is 11.1 Å². The van der Waals surface area contributed by atoms with E-state index in [1.54, 1.807) is 36.7 Å². The Kier molecular flexibility index (Phi) is 5.12. The standard InChI is InChI=1S/C16H14F2N2/c17-15-5-1-13(2-6-15)11-19-9-10-20-12-14-3-7-16(18)8-4-14/h1-8,11-12H,9-10H2/b19-11+,20-12+. The fourth-order valence-corrected chi connectivity index (χ4v) is 1.55. The average Bonchev–Trinajstić information content (AvgIpc) is 2.46. The van der Waals surface area contributed by atoms with E-state index in [0.717, 1.165) is 11.1 Å². The van der Waals surface area contributed by atoms with E-state index >= 15 is 0 Å². The smallest absolute Gasteiger partial charge is 0.123 e. The van der Waals surface area contributed by atoms with E-state index in [-0.39, 0.29) is 11.6 Å². The molecule has 0 unspecified atom stereocenters. The molecule has 2 aromatic carbocycles. The minimum absolute atomic E-state index is 0.258. The van der Waals surface area contributed by atoms with Crippen LogP contribution in [0.25, 0.3) is 0 Å². The van der Waals surface area contributed by atoms with Gasteiger partial charge in [-0.05, 0) is 35.4 Å². The summed E-state index contributed by atoms with van der Waals surface area (Å²) in [6.45, 7) is 1.10. The van der Waals surface area contributed by atoms with Gasteiger partial charge in [-0.3, -0.25) is 9.98 Å². The van der Waals surface area contributed by atoms with Crippen LogP contribution in [0.5, 0.6) is 0 Å². The Labute approximate surface area is 116 Å². The Morgan fingerprint density at radius 3 is 1.35 bits per heavy atom. The van der Waals surface area contributed by atoms with Crippen molar-refractivity contribution in [2.45, 2.75) is 0 Å². The molecule has 0 saturated heterocycles. The fourth-order valence-electron chi connectivity index (χ4n) is 1.55. The van der Waals surface area contributed by atoms with Crippen molar-refractivity contribution in [3.8, 4) is 0 Å². The minimum atomic E-state index is -0.258. The fraction of sp³-hybridized carbons (Fsp3) is 0.125. The molecule has 0 radical (unpaired) electrons. The maximum absolute atomic E-state index is 12.7. The molecule has 0 atom stereocenters. The number of hydrogen-bond acceptors (Lipinski definition) is 2. The third-order valence-electron chi connectivity index (χ3n) is 2.58. The molecule has 2 aromatic rings. The number of rotatable bonds is 5. The van der Waals surface area contributed by atoms with Gasteiger partial charge in [0.1, 0.15) is 11.6 Å². The highest BCUT2D eigenvalue weighted by atomic mass is 19.1. The van der Waals surface area contributed by atoms with Crippen LogP contribution in [0.3, 0.4) is 0 Å². The molecule has 0 N–H and O–H groups in total. The van der Waals surface area contributed by atoms with Crippen molar-refractivity contribution in [3.05, 3.63) is 71.3 Å². The predicted octanol–water partition coefficient (Wildman–Crippen LogP) is 3.50. The van der Waals surface area contributed by atoms with Gasteiger partial charge < -0.3 is 0 Å². The summed E-state index contributed by atoms with van der Waals surface area (Å²) in [6, 6.07) is 12.3. The zero-order valence-corrected chi connectivity index (χ0v) is 10.8. The highest BCUT2D eigenvalue weighted by molar-refractivity contribution is 5.80. The molecule has 0 spiro atoms. The normalized spacial score (nSPS) is 11.5. The van der Waals surface area contributed by atoms with Crippen LogP contribution in [0.4, 0.5) is 8.78 Å². The van der Waals surface area contributed by atoms with Gasteiger partial charge in [-0.15, -0.1) is 0 Å². The quantitative estimate of drug-likeness (QED) is 0.588. The Morgan fingerprint density at radius 2 is 1.00 bits per heavy atom. The van der Waals surface area contributed by atoms with E-state index in [4.69, 9.17) is 0 Å². The van der Waals surface area contributed by atoms with Crippen LogP contribution in [-0.4, -0.2) is 25.5 Å². The summed E-state index contributed by atoms with van der Waals surface area (Å²) in [7, 11) is 0. The Hall–Kier alpha value is -2.36. The highest BCUT2D eigenvalue weighted by Gasteiger charge is 1.90. The van der Waals surface area contributed by atoms with Crippen LogP contribution in [-0.2, 0) is 0 Å². The first-order valence-corrected chi connectivity index (χ1v) is 6.25. The summed E-state index contributed by atoms with van der Waals surface area (Å²) >= 11 is 0. The van der Waals surface area contributed by atoms with Crippen molar-refractivity contribution in [1.82, 2.24) is 0 Å². The van der Waals surface area contributed by atoms with Gasteiger partial charge in [-0.1, -0.05) is 24.3 Å². The largest absolute Gasteiger partial charge is 0.291 e. The lowest BCUT2D eigenvalue weighted by Gasteiger charge is -1.94. The van der Waals surface area contributed by atoms with Gasteiger partial charge in [0.2, 0.25) is 0 Å². The van der Waals surface area contributed by atoms with Crippen molar-refractivity contribution in [2.24, 2.45) is 9.98 Å². The summed E-state index contributed by atoms with van der Waals surface area (Å²) in [6.07, 6.45) is 3.37. The minimum Gasteiger partial charge on any atom is -0.291 e. The number of nitrogens with zero attached hydrogens (tertiary/aromatic N) is 2. The Balaban J connectivity index is 1.76. The summed E-state index contributed by atoms with van der Waals surface area (Å²) in [5.41, 5.74) is 1.71. The summed E-state index contributed by atoms with van der Waals surface area (Å²) in [4.78, 5) is 8.39. The molecular weight excluding hydrogens is 258 g/mol. The van der Waals surface area contributed by atoms with E-state index in [1.165, 1.54) is 24.3 Å². The second kappa shape index (κ2) is 7.28. The summed E-state index contributed by atoms with van der Waals surface area (Å²) < 4.78 is 25.3. The third kappa shape index (κ3) is 4.72. The SMILES string of the molecule is Fc1ccc(/C=N/CC/N=C/c2ccc(F)cc2)cc1. The third-order valence-corrected chi connectivity index (χ3v) is 2.58. The van der Waals surface area contributed by atoms with E-state index in [1.807, 2.05) is 0 Å². The van der Waals surface area contributed by atoms with Crippen molar-refractivity contribution in [1.29, 1.82) is 0 Å². The van der Waals surface area contributed by atoms with Crippen molar-refractivity contribution < 1.29 is 8.78 Å². The van der Waals surface area contributed by atoms with Gasteiger partial charge in [-0.25, -0.2) is 8.78 Å². The van der Waals surface area contributed by atoms with Crippen molar-refractivity contribution in [3.63, 3.8) is 0 Å². The second-order valence-corrected chi connectivity index (χ2v) is 4.17. The maximum atomic E-state index is 12.7. The molecule has 0 aliphatic rings. The molecular formula is C16H14F2N2. The van der Waals surface area contributed by atoms with Crippen molar-refractivity contribution >= 4 is 12.4 Å². The molecule has 4 heteroatoms. The lowest BCUT2D eigenvalue weighted by Crippen LogP contribution is -1.90. The molecule has 2 nitrogen and oxygen atoms in total. The lowest BCUT2D eigenvalue weighted by atomic mass is 10.2. The zero-order chi connectivity index (χ0) is 14.2. The van der Waals surface area contributed by atoms with Gasteiger partial charge in [0.05, 0.1) is 13.1 Å². The first-order chi connectivity index (χ1) is 9.74. The van der Waals surface area contributed by atoms with E-state index < -0.39 is 0 Å². The maximum Gasteiger partial charge on any atom is 0.123 e. The van der Waals surface area contributed by atoms with Crippen molar-refractivity contribution in [2.75, 3.05) is 13.1 Å². The number of hydrogen-bond donors (Lipinski definition) is 0. The van der Waals surface area contributed by atoms with Gasteiger partial charge in [0.25, 0.3) is 0 Å². The monoisotopic (exact) mass is 272 g/mol. The van der Waals surface area contributed by atoms with Crippen LogP contribution < -0.4 is 0 Å². The molecule has 0 heterocycles. The Bertz CT molecular complexity index is 531. The molecule has 2 rings (SSSR count). The second-order valence-electron chi connectivity index (χ2n) is 4.17. The number of halogens is 2. The molecule has 0 fully saturated rings. The van der Waals surface area contributed by atoms with Gasteiger partial charge in [0.15, 0.2) is 0 Å². The summed E-state index contributed by atoms with van der Waals surface area (Å²) in [5.74, 6) is -0.517. The highest BCUT2D eigenvalue weighted by Crippen LogP contribution is 2.00. The first kappa shape index (κ1) is 14.1. The Morgan fingerprint density at radius 1 is 0.650 bits per heavy atom. The van der Waals surface area contributed by atoms with Crippen LogP contribution in [0, 0.1) is 11.6 Å². The molecule has 20 heavy (non-hydrogen) atoms. The molecule has 0 saturated carbocycles. The first-order valence-electron chi connectivity index (χ1n) is 6.25. The lowest BCUT2D eigenvalue weighted by molar-refractivity contribution is 0.627. The van der Waals surface area contributed by atoms with Crippen LogP contribution in [0.2, 0.25) is 0 Å². The molecule has 0 aromatic heterocycles. The average molecular weight is 272 g/mol. The van der Waals surface area contributed by atoms with Gasteiger partial charge >= 0.3 is 0 Å². The summed E-state index contributed by atoms with van der Waals surface area (Å²) in [5, 5.41) is 0. The van der Waals surface area contributed by atoms with Crippen LogP contribution >= 0.6 is 0 Å². The van der Waals surface area contributed by atoms with Crippen LogP contribution in [0.15, 0.2) is 58.5 Å². The number of aliphatic imine (C=N–C) groups is 2. The molecule has 0 bridgehead atoms. The molecule has 0 aliphatic heterocycles. The topological polar surface area (TPSA) is 24.7 Å². The molecule has 0 aliphatic carbocycles. The van der Waals surface area contributed by atoms with Gasteiger partial charge in [-0.2, -0.15) is 0 Å². The zero-order valence-electron chi connectivity index (χ0n) is 10.8. The van der Waals surface area contributed by atoms with E-state index in [9.17, 15) is 8.78 Å². The molecule has 102 valence electrons. The van der Waals surface area contributed by atoms with Gasteiger partial charge in [0, 0.05) is 12.4 Å². The molecule has 0 amide bonds. The number of benzene rings is 2.